The number of carbonyl (C=O) groups excluding carboxylic acids is 1. The number of hydrogen-bond acceptors (Lipinski definition) is 5. The lowest BCUT2D eigenvalue weighted by atomic mass is 10.2. The molecule has 1 atom stereocenters. The molecule has 1 unspecified atom stereocenters. The van der Waals surface area contributed by atoms with Crippen molar-refractivity contribution in [3.63, 3.8) is 0 Å². The minimum atomic E-state index is -0.556. The van der Waals surface area contributed by atoms with E-state index in [1.807, 2.05) is 15.8 Å². The summed E-state index contributed by atoms with van der Waals surface area (Å²) in [6.45, 7) is 7.46. The average molecular weight is 346 g/mol. The molecule has 2 N–H and O–H groups in total. The fourth-order valence-electron chi connectivity index (χ4n) is 2.75. The average Bonchev–Trinajstić information content (AvgIpc) is 2.84. The van der Waals surface area contributed by atoms with E-state index in [1.54, 1.807) is 7.11 Å². The molecule has 0 spiro atoms. The van der Waals surface area contributed by atoms with E-state index in [1.165, 1.54) is 5.56 Å². The molecule has 0 radical (unpaired) electrons. The van der Waals surface area contributed by atoms with Gasteiger partial charge in [-0.1, -0.05) is 0 Å². The molecule has 2 heterocycles. The summed E-state index contributed by atoms with van der Waals surface area (Å²) >= 11 is 0. The van der Waals surface area contributed by atoms with Crippen LogP contribution >= 0.6 is 12.4 Å². The lowest BCUT2D eigenvalue weighted by molar-refractivity contribution is -0.133. The summed E-state index contributed by atoms with van der Waals surface area (Å²) in [7, 11) is 1.56. The van der Waals surface area contributed by atoms with E-state index in [0.29, 0.717) is 0 Å². The zero-order valence-corrected chi connectivity index (χ0v) is 14.8. The van der Waals surface area contributed by atoms with Gasteiger partial charge in [-0.3, -0.25) is 14.4 Å². The van der Waals surface area contributed by atoms with E-state index in [9.17, 15) is 4.79 Å². The Morgan fingerprint density at radius 3 is 2.83 bits per heavy atom. The Morgan fingerprint density at radius 2 is 2.17 bits per heavy atom. The molecule has 132 valence electrons. The largest absolute Gasteiger partial charge is 0.383 e. The Kier molecular flexibility index (Phi) is 8.54. The topological polar surface area (TPSA) is 76.6 Å². The van der Waals surface area contributed by atoms with Crippen LogP contribution in [0, 0.1) is 0 Å². The predicted molar refractivity (Wildman–Crippen MR) is 91.5 cm³/mol. The van der Waals surface area contributed by atoms with E-state index in [0.717, 1.165) is 45.7 Å². The molecule has 0 saturated carbocycles. The van der Waals surface area contributed by atoms with Crippen LogP contribution in [0.25, 0.3) is 0 Å². The number of methoxy groups -OCH3 is 1. The Hall–Kier alpha value is -1.15. The summed E-state index contributed by atoms with van der Waals surface area (Å²) in [5.74, 6) is -0.0116. The highest BCUT2D eigenvalue weighted by Gasteiger charge is 2.23. The normalized spacial score (nSPS) is 17.4. The molecule has 23 heavy (non-hydrogen) atoms. The summed E-state index contributed by atoms with van der Waals surface area (Å²) < 4.78 is 6.90. The smallest absolute Gasteiger partial charge is 0.241 e. The number of amides is 1. The fraction of sp³-hybridized carbons (Fsp3) is 0.733. The Balaban J connectivity index is 0.00000264. The number of carbonyl (C=O) groups is 1. The SMILES string of the molecule is CCn1cc(CN2CCCN(C(=O)C(N)COC)CC2)cn1.Cl. The van der Waals surface area contributed by atoms with E-state index in [4.69, 9.17) is 10.5 Å². The molecule has 8 heteroatoms. The third kappa shape index (κ3) is 5.76. The molecule has 1 aliphatic heterocycles. The van der Waals surface area contributed by atoms with Gasteiger partial charge in [0.2, 0.25) is 5.91 Å². The second kappa shape index (κ2) is 9.87. The Bertz CT molecular complexity index is 482. The van der Waals surface area contributed by atoms with Crippen LogP contribution in [0.3, 0.4) is 0 Å². The first-order chi connectivity index (χ1) is 10.6. The third-order valence-electron chi connectivity index (χ3n) is 3.98. The van der Waals surface area contributed by atoms with Crippen molar-refractivity contribution in [2.45, 2.75) is 32.5 Å². The van der Waals surface area contributed by atoms with Crippen molar-refractivity contribution in [3.05, 3.63) is 18.0 Å². The molecule has 1 aromatic heterocycles. The maximum atomic E-state index is 12.2. The highest BCUT2D eigenvalue weighted by Crippen LogP contribution is 2.09. The van der Waals surface area contributed by atoms with Gasteiger partial charge in [0, 0.05) is 58.1 Å². The maximum absolute atomic E-state index is 12.2. The van der Waals surface area contributed by atoms with E-state index < -0.39 is 6.04 Å². The van der Waals surface area contributed by atoms with Crippen molar-refractivity contribution >= 4 is 18.3 Å². The van der Waals surface area contributed by atoms with Gasteiger partial charge in [0.15, 0.2) is 0 Å². The van der Waals surface area contributed by atoms with Crippen molar-refractivity contribution in [2.24, 2.45) is 5.73 Å². The van der Waals surface area contributed by atoms with Gasteiger partial charge in [-0.15, -0.1) is 12.4 Å². The maximum Gasteiger partial charge on any atom is 0.241 e. The summed E-state index contributed by atoms with van der Waals surface area (Å²) in [6, 6.07) is -0.556. The zero-order chi connectivity index (χ0) is 15.9. The predicted octanol–water partition coefficient (Wildman–Crippen LogP) is 0.333. The molecule has 7 nitrogen and oxygen atoms in total. The molecule has 0 bridgehead atoms. The van der Waals surface area contributed by atoms with E-state index >= 15 is 0 Å². The van der Waals surface area contributed by atoms with Crippen LogP contribution in [-0.2, 0) is 22.6 Å². The molecule has 0 aromatic carbocycles. The lowest BCUT2D eigenvalue weighted by Gasteiger charge is -2.24. The molecule has 1 aliphatic rings. The summed E-state index contributed by atoms with van der Waals surface area (Å²) in [4.78, 5) is 16.5. The molecule has 1 amide bonds. The third-order valence-corrected chi connectivity index (χ3v) is 3.98. The van der Waals surface area contributed by atoms with Crippen LogP contribution in [0.2, 0.25) is 0 Å². The minimum absolute atomic E-state index is 0. The minimum Gasteiger partial charge on any atom is -0.383 e. The van der Waals surface area contributed by atoms with Gasteiger partial charge in [-0.05, 0) is 13.3 Å². The number of aryl methyl sites for hydroxylation is 1. The molecule has 0 aliphatic carbocycles. The number of hydrogen-bond donors (Lipinski definition) is 1. The molecule has 1 aromatic rings. The lowest BCUT2D eigenvalue weighted by Crippen LogP contribution is -2.47. The first-order valence-corrected chi connectivity index (χ1v) is 7.91. The molecule has 1 saturated heterocycles. The summed E-state index contributed by atoms with van der Waals surface area (Å²) in [5, 5.41) is 4.31. The highest BCUT2D eigenvalue weighted by atomic mass is 35.5. The van der Waals surface area contributed by atoms with Crippen molar-refractivity contribution in [1.29, 1.82) is 0 Å². The van der Waals surface area contributed by atoms with Crippen LogP contribution in [0.5, 0.6) is 0 Å². The van der Waals surface area contributed by atoms with Gasteiger partial charge in [-0.2, -0.15) is 5.10 Å². The van der Waals surface area contributed by atoms with Crippen LogP contribution in [-0.4, -0.2) is 71.4 Å². The van der Waals surface area contributed by atoms with Crippen LogP contribution in [0.15, 0.2) is 12.4 Å². The van der Waals surface area contributed by atoms with Crippen molar-refractivity contribution in [1.82, 2.24) is 19.6 Å². The highest BCUT2D eigenvalue weighted by molar-refractivity contribution is 5.85. The van der Waals surface area contributed by atoms with Gasteiger partial charge in [0.25, 0.3) is 0 Å². The number of rotatable bonds is 6. The molecular formula is C15H28ClN5O2. The molecule has 1 fully saturated rings. The first-order valence-electron chi connectivity index (χ1n) is 7.91. The fourth-order valence-corrected chi connectivity index (χ4v) is 2.75. The monoisotopic (exact) mass is 345 g/mol. The second-order valence-electron chi connectivity index (χ2n) is 5.72. The zero-order valence-electron chi connectivity index (χ0n) is 14.0. The van der Waals surface area contributed by atoms with Gasteiger partial charge in [0.1, 0.15) is 6.04 Å². The Morgan fingerprint density at radius 1 is 1.39 bits per heavy atom. The number of aromatic nitrogens is 2. The first kappa shape index (κ1) is 19.9. The van der Waals surface area contributed by atoms with E-state index in [-0.39, 0.29) is 24.9 Å². The molecular weight excluding hydrogens is 318 g/mol. The van der Waals surface area contributed by atoms with Crippen LogP contribution in [0.4, 0.5) is 0 Å². The van der Waals surface area contributed by atoms with Crippen molar-refractivity contribution in [2.75, 3.05) is 39.9 Å². The number of halogens is 1. The quantitative estimate of drug-likeness (QED) is 0.804. The van der Waals surface area contributed by atoms with E-state index in [2.05, 4.69) is 23.1 Å². The number of ether oxygens (including phenoxy) is 1. The summed E-state index contributed by atoms with van der Waals surface area (Å²) in [5.41, 5.74) is 7.07. The standard InChI is InChI=1S/C15H27N5O2.ClH/c1-3-20-11-13(9-17-20)10-18-5-4-6-19(8-7-18)15(21)14(16)12-22-2;/h9,11,14H,3-8,10,12,16H2,1-2H3;1H. The number of nitrogens with zero attached hydrogens (tertiary/aromatic N) is 4. The van der Waals surface area contributed by atoms with Crippen molar-refractivity contribution in [3.8, 4) is 0 Å². The summed E-state index contributed by atoms with van der Waals surface area (Å²) in [6.07, 6.45) is 4.97. The van der Waals surface area contributed by atoms with Gasteiger partial charge in [0.05, 0.1) is 12.8 Å². The van der Waals surface area contributed by atoms with Gasteiger partial charge >= 0.3 is 0 Å². The van der Waals surface area contributed by atoms with Gasteiger partial charge < -0.3 is 15.4 Å². The Labute approximate surface area is 144 Å². The van der Waals surface area contributed by atoms with Crippen LogP contribution in [0.1, 0.15) is 18.9 Å². The van der Waals surface area contributed by atoms with Gasteiger partial charge in [-0.25, -0.2) is 0 Å². The molecule has 2 rings (SSSR count). The second-order valence-corrected chi connectivity index (χ2v) is 5.72. The number of nitrogens with two attached hydrogens (primary N) is 1. The van der Waals surface area contributed by atoms with Crippen LogP contribution < -0.4 is 5.73 Å². The van der Waals surface area contributed by atoms with Crippen molar-refractivity contribution < 1.29 is 9.53 Å².